The van der Waals surface area contributed by atoms with E-state index in [0.717, 1.165) is 32.7 Å². The highest BCUT2D eigenvalue weighted by atomic mass is 16.1. The largest absolute Gasteiger partial charge is 0.369 e. The molecule has 1 unspecified atom stereocenters. The number of hydrogen-bond donors (Lipinski definition) is 2. The van der Waals surface area contributed by atoms with Crippen LogP contribution in [0.4, 0.5) is 11.5 Å². The molecule has 6 heteroatoms. The van der Waals surface area contributed by atoms with Crippen LogP contribution >= 0.6 is 0 Å². The first-order chi connectivity index (χ1) is 12.1. The lowest BCUT2D eigenvalue weighted by Crippen LogP contribution is -2.49. The summed E-state index contributed by atoms with van der Waals surface area (Å²) in [6.45, 7) is 7.21. The molecular formula is C19H25N5O. The number of primary amides is 1. The van der Waals surface area contributed by atoms with Crippen molar-refractivity contribution in [1.29, 1.82) is 0 Å². The highest BCUT2D eigenvalue weighted by molar-refractivity contribution is 5.93. The Kier molecular flexibility index (Phi) is 5.50. The van der Waals surface area contributed by atoms with E-state index >= 15 is 0 Å². The van der Waals surface area contributed by atoms with Gasteiger partial charge in [-0.3, -0.25) is 9.69 Å². The van der Waals surface area contributed by atoms with Gasteiger partial charge in [-0.05, 0) is 31.2 Å². The van der Waals surface area contributed by atoms with E-state index in [4.69, 9.17) is 5.73 Å². The van der Waals surface area contributed by atoms with E-state index in [0.29, 0.717) is 11.4 Å². The van der Waals surface area contributed by atoms with Crippen molar-refractivity contribution in [3.8, 4) is 0 Å². The van der Waals surface area contributed by atoms with Crippen LogP contribution in [-0.4, -0.2) is 54.6 Å². The van der Waals surface area contributed by atoms with Gasteiger partial charge in [-0.15, -0.1) is 0 Å². The summed E-state index contributed by atoms with van der Waals surface area (Å²) in [5, 5.41) is 3.35. The lowest BCUT2D eigenvalue weighted by atomic mass is 10.2. The Bertz CT molecular complexity index is 698. The van der Waals surface area contributed by atoms with E-state index in [2.05, 4.69) is 51.3 Å². The van der Waals surface area contributed by atoms with Crippen LogP contribution in [-0.2, 0) is 0 Å². The Hall–Kier alpha value is -2.60. The molecule has 6 nitrogen and oxygen atoms in total. The summed E-state index contributed by atoms with van der Waals surface area (Å²) in [4.78, 5) is 20.4. The molecule has 0 bridgehead atoms. The monoisotopic (exact) mass is 339 g/mol. The standard InChI is InChI=1S/C19H25N5O/c1-15(22-18-13-16(19(20)25)7-8-21-18)14-23-9-11-24(12-10-23)17-5-3-2-4-6-17/h2-8,13,15H,9-12,14H2,1H3,(H2,20,25)(H,21,22). The summed E-state index contributed by atoms with van der Waals surface area (Å²) in [6.07, 6.45) is 1.60. The molecular weight excluding hydrogens is 314 g/mol. The molecule has 0 aliphatic carbocycles. The first-order valence-electron chi connectivity index (χ1n) is 8.66. The van der Waals surface area contributed by atoms with Crippen molar-refractivity contribution in [2.75, 3.05) is 42.9 Å². The number of nitrogens with two attached hydrogens (primary N) is 1. The first kappa shape index (κ1) is 17.2. The third-order valence-electron chi connectivity index (χ3n) is 4.46. The predicted octanol–water partition coefficient (Wildman–Crippen LogP) is 1.80. The van der Waals surface area contributed by atoms with E-state index in [1.54, 1.807) is 18.3 Å². The van der Waals surface area contributed by atoms with Crippen LogP contribution in [0, 0.1) is 0 Å². The molecule has 3 rings (SSSR count). The number of anilines is 2. The molecule has 132 valence electrons. The fourth-order valence-electron chi connectivity index (χ4n) is 3.18. The van der Waals surface area contributed by atoms with Gasteiger partial charge in [-0.1, -0.05) is 18.2 Å². The molecule has 0 radical (unpaired) electrons. The maximum absolute atomic E-state index is 11.3. The van der Waals surface area contributed by atoms with Crippen molar-refractivity contribution in [2.45, 2.75) is 13.0 Å². The Balaban J connectivity index is 1.49. The molecule has 1 atom stereocenters. The number of piperazine rings is 1. The van der Waals surface area contributed by atoms with Gasteiger partial charge >= 0.3 is 0 Å². The van der Waals surface area contributed by atoms with Gasteiger partial charge in [0, 0.05) is 56.2 Å². The van der Waals surface area contributed by atoms with Crippen LogP contribution in [0.25, 0.3) is 0 Å². The molecule has 2 heterocycles. The van der Waals surface area contributed by atoms with Crippen LogP contribution in [0.3, 0.4) is 0 Å². The number of pyridine rings is 1. The van der Waals surface area contributed by atoms with Gasteiger partial charge in [0.2, 0.25) is 5.91 Å². The van der Waals surface area contributed by atoms with E-state index < -0.39 is 5.91 Å². The highest BCUT2D eigenvalue weighted by Crippen LogP contribution is 2.16. The summed E-state index contributed by atoms with van der Waals surface area (Å²) in [7, 11) is 0. The SMILES string of the molecule is CC(CN1CCN(c2ccccc2)CC1)Nc1cc(C(N)=O)ccn1. The molecule has 3 N–H and O–H groups in total. The third kappa shape index (κ3) is 4.70. The van der Waals surface area contributed by atoms with Crippen LogP contribution in [0.2, 0.25) is 0 Å². The van der Waals surface area contributed by atoms with Crippen LogP contribution < -0.4 is 16.0 Å². The summed E-state index contributed by atoms with van der Waals surface area (Å²) in [5.41, 5.74) is 7.08. The molecule has 25 heavy (non-hydrogen) atoms. The Morgan fingerprint density at radius 2 is 1.92 bits per heavy atom. The van der Waals surface area contributed by atoms with Crippen molar-refractivity contribution < 1.29 is 4.79 Å². The zero-order chi connectivity index (χ0) is 17.6. The zero-order valence-electron chi connectivity index (χ0n) is 14.6. The van der Waals surface area contributed by atoms with E-state index in [1.165, 1.54) is 5.69 Å². The number of carbonyl (C=O) groups excluding carboxylic acids is 1. The molecule has 0 spiro atoms. The van der Waals surface area contributed by atoms with Gasteiger partial charge in [0.1, 0.15) is 5.82 Å². The van der Waals surface area contributed by atoms with Crippen molar-refractivity contribution in [3.05, 3.63) is 54.2 Å². The number of carbonyl (C=O) groups is 1. The zero-order valence-corrected chi connectivity index (χ0v) is 14.6. The van der Waals surface area contributed by atoms with Gasteiger partial charge in [0.25, 0.3) is 0 Å². The number of hydrogen-bond acceptors (Lipinski definition) is 5. The van der Waals surface area contributed by atoms with Crippen molar-refractivity contribution in [1.82, 2.24) is 9.88 Å². The quantitative estimate of drug-likeness (QED) is 0.839. The van der Waals surface area contributed by atoms with E-state index in [9.17, 15) is 4.79 Å². The van der Waals surface area contributed by atoms with Crippen LogP contribution in [0.5, 0.6) is 0 Å². The number of nitrogens with zero attached hydrogens (tertiary/aromatic N) is 3. The van der Waals surface area contributed by atoms with Gasteiger partial charge < -0.3 is 16.0 Å². The fourth-order valence-corrected chi connectivity index (χ4v) is 3.18. The van der Waals surface area contributed by atoms with Crippen molar-refractivity contribution in [3.63, 3.8) is 0 Å². The minimum Gasteiger partial charge on any atom is -0.369 e. The number of rotatable bonds is 6. The van der Waals surface area contributed by atoms with Crippen LogP contribution in [0.1, 0.15) is 17.3 Å². The van der Waals surface area contributed by atoms with Gasteiger partial charge in [-0.25, -0.2) is 4.98 Å². The number of benzene rings is 1. The molecule has 1 fully saturated rings. The average Bonchev–Trinajstić information content (AvgIpc) is 2.63. The maximum Gasteiger partial charge on any atom is 0.248 e. The smallest absolute Gasteiger partial charge is 0.248 e. The van der Waals surface area contributed by atoms with Gasteiger partial charge in [0.05, 0.1) is 0 Å². The molecule has 1 amide bonds. The Labute approximate surface area is 148 Å². The lowest BCUT2D eigenvalue weighted by molar-refractivity contribution is 0.1000. The number of aromatic nitrogens is 1. The Morgan fingerprint density at radius 1 is 1.20 bits per heavy atom. The molecule has 1 aliphatic heterocycles. The maximum atomic E-state index is 11.3. The summed E-state index contributed by atoms with van der Waals surface area (Å²) in [6, 6.07) is 14.1. The van der Waals surface area contributed by atoms with E-state index in [-0.39, 0.29) is 6.04 Å². The van der Waals surface area contributed by atoms with Crippen molar-refractivity contribution >= 4 is 17.4 Å². The predicted molar refractivity (Wildman–Crippen MR) is 101 cm³/mol. The minimum absolute atomic E-state index is 0.235. The van der Waals surface area contributed by atoms with E-state index in [1.807, 2.05) is 6.07 Å². The topological polar surface area (TPSA) is 74.5 Å². The highest BCUT2D eigenvalue weighted by Gasteiger charge is 2.18. The van der Waals surface area contributed by atoms with Crippen molar-refractivity contribution in [2.24, 2.45) is 5.73 Å². The minimum atomic E-state index is -0.435. The summed E-state index contributed by atoms with van der Waals surface area (Å²) >= 11 is 0. The summed E-state index contributed by atoms with van der Waals surface area (Å²) in [5.74, 6) is 0.252. The molecule has 1 aromatic carbocycles. The number of para-hydroxylation sites is 1. The first-order valence-corrected chi connectivity index (χ1v) is 8.66. The Morgan fingerprint density at radius 3 is 2.60 bits per heavy atom. The van der Waals surface area contributed by atoms with Crippen LogP contribution in [0.15, 0.2) is 48.7 Å². The lowest BCUT2D eigenvalue weighted by Gasteiger charge is -2.37. The average molecular weight is 339 g/mol. The molecule has 1 aromatic heterocycles. The van der Waals surface area contributed by atoms with Gasteiger partial charge in [-0.2, -0.15) is 0 Å². The fraction of sp³-hybridized carbons (Fsp3) is 0.368. The summed E-state index contributed by atoms with van der Waals surface area (Å²) < 4.78 is 0. The van der Waals surface area contributed by atoms with Gasteiger partial charge in [0.15, 0.2) is 0 Å². The third-order valence-corrected chi connectivity index (χ3v) is 4.46. The number of amides is 1. The second-order valence-electron chi connectivity index (χ2n) is 6.46. The molecule has 2 aromatic rings. The second kappa shape index (κ2) is 7.98. The number of nitrogens with one attached hydrogen (secondary N) is 1. The molecule has 1 saturated heterocycles. The second-order valence-corrected chi connectivity index (χ2v) is 6.46. The normalized spacial score (nSPS) is 16.4. The molecule has 0 saturated carbocycles. The molecule has 1 aliphatic rings.